The van der Waals surface area contributed by atoms with E-state index in [1.807, 2.05) is 0 Å². The molecule has 1 N–H and O–H groups in total. The second-order valence-electron chi connectivity index (χ2n) is 7.69. The number of amides is 1. The first kappa shape index (κ1) is 19.0. The summed E-state index contributed by atoms with van der Waals surface area (Å²) in [5, 5.41) is 9.72. The van der Waals surface area contributed by atoms with Crippen LogP contribution >= 0.6 is 0 Å². The fourth-order valence-corrected chi connectivity index (χ4v) is 4.83. The first-order chi connectivity index (χ1) is 13.0. The molecule has 0 aromatic carbocycles. The Balaban J connectivity index is 1.63. The molecule has 1 amide bonds. The van der Waals surface area contributed by atoms with Crippen molar-refractivity contribution in [2.45, 2.75) is 38.4 Å². The number of anilines is 1. The van der Waals surface area contributed by atoms with Gasteiger partial charge in [0.1, 0.15) is 11.3 Å². The van der Waals surface area contributed by atoms with Crippen LogP contribution in [0.2, 0.25) is 0 Å². The number of alkyl halides is 3. The highest BCUT2D eigenvalue weighted by Crippen LogP contribution is 2.59. The molecule has 0 unspecified atom stereocenters. The maximum Gasteiger partial charge on any atom is 0.420 e. The van der Waals surface area contributed by atoms with Crippen molar-refractivity contribution in [3.8, 4) is 0 Å². The van der Waals surface area contributed by atoms with Crippen LogP contribution in [-0.2, 0) is 22.7 Å². The summed E-state index contributed by atoms with van der Waals surface area (Å²) in [5.41, 5.74) is -1.82. The Labute approximate surface area is 158 Å². The SMILES string of the molecule is CS(=O)(=O)n1cc(NC(=O)c2c(C(F)(F)F)cnn2CC23CCC(C2)C3)cn1. The molecular weight excluding hydrogens is 399 g/mol. The van der Waals surface area contributed by atoms with Crippen molar-refractivity contribution < 1.29 is 26.4 Å². The lowest BCUT2D eigenvalue weighted by molar-refractivity contribution is -0.138. The molecular formula is C16H18F3N5O3S. The molecule has 3 saturated carbocycles. The Bertz CT molecular complexity index is 1030. The first-order valence-electron chi connectivity index (χ1n) is 8.66. The van der Waals surface area contributed by atoms with Gasteiger partial charge in [0.15, 0.2) is 0 Å². The third kappa shape index (κ3) is 3.29. The Hall–Kier alpha value is -2.37. The molecule has 0 aliphatic heterocycles. The number of aromatic nitrogens is 4. The number of nitrogens with zero attached hydrogens (tertiary/aromatic N) is 4. The zero-order chi connectivity index (χ0) is 20.3. The maximum atomic E-state index is 13.4. The zero-order valence-corrected chi connectivity index (χ0v) is 15.7. The molecule has 0 radical (unpaired) electrons. The zero-order valence-electron chi connectivity index (χ0n) is 14.9. The Kier molecular flexibility index (Phi) is 4.11. The van der Waals surface area contributed by atoms with Crippen molar-refractivity contribution in [2.75, 3.05) is 11.6 Å². The van der Waals surface area contributed by atoms with E-state index >= 15 is 0 Å². The van der Waals surface area contributed by atoms with Crippen molar-refractivity contribution in [3.05, 3.63) is 29.8 Å². The summed E-state index contributed by atoms with van der Waals surface area (Å²) >= 11 is 0. The molecule has 0 saturated heterocycles. The monoisotopic (exact) mass is 417 g/mol. The van der Waals surface area contributed by atoms with Crippen LogP contribution in [0.15, 0.2) is 18.6 Å². The van der Waals surface area contributed by atoms with E-state index in [4.69, 9.17) is 0 Å². The number of nitrogens with one attached hydrogen (secondary N) is 1. The third-order valence-electron chi connectivity index (χ3n) is 5.53. The van der Waals surface area contributed by atoms with Crippen LogP contribution in [-0.4, -0.2) is 39.5 Å². The lowest BCUT2D eigenvalue weighted by Crippen LogP contribution is -2.34. The lowest BCUT2D eigenvalue weighted by atomic mass is 9.70. The predicted molar refractivity (Wildman–Crippen MR) is 92.0 cm³/mol. The third-order valence-corrected chi connectivity index (χ3v) is 6.41. The molecule has 152 valence electrons. The van der Waals surface area contributed by atoms with Gasteiger partial charge in [-0.1, -0.05) is 0 Å². The average Bonchev–Trinajstić information content (AvgIpc) is 3.26. The number of hydrogen-bond acceptors (Lipinski definition) is 5. The summed E-state index contributed by atoms with van der Waals surface area (Å²) in [6, 6.07) is 0. The van der Waals surface area contributed by atoms with E-state index in [-0.39, 0.29) is 17.6 Å². The molecule has 8 nitrogen and oxygen atoms in total. The Morgan fingerprint density at radius 2 is 2.04 bits per heavy atom. The predicted octanol–water partition coefficient (Wildman–Crippen LogP) is 2.35. The van der Waals surface area contributed by atoms with E-state index in [9.17, 15) is 26.4 Å². The number of rotatable bonds is 5. The average molecular weight is 417 g/mol. The summed E-state index contributed by atoms with van der Waals surface area (Å²) in [5.74, 6) is -0.389. The van der Waals surface area contributed by atoms with Gasteiger partial charge in [0.25, 0.3) is 15.9 Å². The number of carbonyl (C=O) groups is 1. The fourth-order valence-electron chi connectivity index (χ4n) is 4.30. The molecule has 0 atom stereocenters. The minimum Gasteiger partial charge on any atom is -0.318 e. The van der Waals surface area contributed by atoms with Crippen LogP contribution in [0.3, 0.4) is 0 Å². The van der Waals surface area contributed by atoms with E-state index in [0.717, 1.165) is 49.0 Å². The van der Waals surface area contributed by atoms with Crippen LogP contribution in [0.5, 0.6) is 0 Å². The molecule has 5 rings (SSSR count). The van der Waals surface area contributed by atoms with Crippen molar-refractivity contribution in [1.82, 2.24) is 19.0 Å². The summed E-state index contributed by atoms with van der Waals surface area (Å²) in [6.45, 7) is 0.255. The van der Waals surface area contributed by atoms with Crippen LogP contribution in [0.25, 0.3) is 0 Å². The summed E-state index contributed by atoms with van der Waals surface area (Å²) in [6.07, 6.45) is 2.77. The van der Waals surface area contributed by atoms with Gasteiger partial charge in [-0.3, -0.25) is 9.48 Å². The van der Waals surface area contributed by atoms with Gasteiger partial charge in [0.2, 0.25) is 0 Å². The largest absolute Gasteiger partial charge is 0.420 e. The van der Waals surface area contributed by atoms with Gasteiger partial charge in [0, 0.05) is 6.54 Å². The highest BCUT2D eigenvalue weighted by Gasteiger charge is 2.51. The van der Waals surface area contributed by atoms with Crippen LogP contribution in [0.4, 0.5) is 18.9 Å². The first-order valence-corrected chi connectivity index (χ1v) is 10.5. The molecule has 2 aromatic rings. The fraction of sp³-hybridized carbons (Fsp3) is 0.562. The quantitative estimate of drug-likeness (QED) is 0.805. The van der Waals surface area contributed by atoms with Crippen molar-refractivity contribution in [2.24, 2.45) is 11.3 Å². The number of hydrogen-bond donors (Lipinski definition) is 1. The minimum atomic E-state index is -4.74. The van der Waals surface area contributed by atoms with E-state index in [2.05, 4.69) is 15.5 Å². The second kappa shape index (κ2) is 6.06. The van der Waals surface area contributed by atoms with Crippen molar-refractivity contribution in [1.29, 1.82) is 0 Å². The molecule has 2 bridgehead atoms. The minimum absolute atomic E-state index is 0.0287. The molecule has 3 fully saturated rings. The van der Waals surface area contributed by atoms with Gasteiger partial charge in [-0.05, 0) is 37.0 Å². The highest BCUT2D eigenvalue weighted by atomic mass is 32.2. The standard InChI is InChI=1S/C16H18F3N5O3S/c1-28(26,27)24-8-11(6-21-24)22-14(25)13-12(16(17,18)19)7-20-23(13)9-15-3-2-10(4-15)5-15/h6-8,10H,2-5,9H2,1H3,(H,22,25). The number of fused-ring (bicyclic) bond motifs is 1. The Morgan fingerprint density at radius 3 is 2.57 bits per heavy atom. The van der Waals surface area contributed by atoms with Gasteiger partial charge < -0.3 is 5.32 Å². The maximum absolute atomic E-state index is 13.4. The molecule has 2 heterocycles. The summed E-state index contributed by atoms with van der Waals surface area (Å²) in [7, 11) is -3.67. The van der Waals surface area contributed by atoms with Gasteiger partial charge in [0.05, 0.1) is 30.5 Å². The highest BCUT2D eigenvalue weighted by molar-refractivity contribution is 7.89. The molecule has 3 aliphatic rings. The van der Waals surface area contributed by atoms with Gasteiger partial charge in [-0.2, -0.15) is 27.5 Å². The number of carbonyl (C=O) groups excluding carboxylic acids is 1. The normalized spacial score (nSPS) is 24.2. The Morgan fingerprint density at radius 1 is 1.32 bits per heavy atom. The van der Waals surface area contributed by atoms with E-state index in [0.29, 0.717) is 16.2 Å². The van der Waals surface area contributed by atoms with Crippen LogP contribution < -0.4 is 5.32 Å². The molecule has 0 spiro atoms. The number of halogens is 3. The van der Waals surface area contributed by atoms with Crippen molar-refractivity contribution >= 4 is 21.6 Å². The van der Waals surface area contributed by atoms with Gasteiger partial charge >= 0.3 is 6.18 Å². The smallest absolute Gasteiger partial charge is 0.318 e. The van der Waals surface area contributed by atoms with Crippen LogP contribution in [0, 0.1) is 11.3 Å². The van der Waals surface area contributed by atoms with Gasteiger partial charge in [-0.25, -0.2) is 8.42 Å². The van der Waals surface area contributed by atoms with Gasteiger partial charge in [-0.15, -0.1) is 0 Å². The lowest BCUT2D eigenvalue weighted by Gasteiger charge is -2.38. The van der Waals surface area contributed by atoms with E-state index in [1.54, 1.807) is 0 Å². The van der Waals surface area contributed by atoms with E-state index in [1.165, 1.54) is 0 Å². The van der Waals surface area contributed by atoms with Crippen molar-refractivity contribution in [3.63, 3.8) is 0 Å². The molecule has 12 heteroatoms. The second-order valence-corrected chi connectivity index (χ2v) is 9.53. The molecule has 3 aliphatic carbocycles. The van der Waals surface area contributed by atoms with Crippen LogP contribution in [0.1, 0.15) is 41.7 Å². The topological polar surface area (TPSA) is 98.9 Å². The molecule has 28 heavy (non-hydrogen) atoms. The summed E-state index contributed by atoms with van der Waals surface area (Å²) in [4.78, 5) is 12.7. The summed E-state index contributed by atoms with van der Waals surface area (Å²) < 4.78 is 64.9. The molecule has 2 aromatic heterocycles. The van der Waals surface area contributed by atoms with E-state index < -0.39 is 33.4 Å².